The quantitative estimate of drug-likeness (QED) is 0.471. The normalized spacial score (nSPS) is 36.0. The molecule has 1 aromatic rings. The molecule has 0 amide bonds. The molecule has 5 heteroatoms. The van der Waals surface area contributed by atoms with Gasteiger partial charge in [-0.05, 0) is 87.8 Å². The van der Waals surface area contributed by atoms with Gasteiger partial charge in [0.15, 0.2) is 23.7 Å². The lowest BCUT2D eigenvalue weighted by Crippen LogP contribution is -2.41. The molecule has 3 aliphatic rings. The van der Waals surface area contributed by atoms with Gasteiger partial charge in [0.1, 0.15) is 11.7 Å². The summed E-state index contributed by atoms with van der Waals surface area (Å²) in [5.41, 5.74) is 0.399. The Kier molecular flexibility index (Phi) is 5.34. The van der Waals surface area contributed by atoms with Gasteiger partial charge in [0.05, 0.1) is 0 Å². The molecule has 0 bridgehead atoms. The van der Waals surface area contributed by atoms with Crippen LogP contribution < -0.4 is 0 Å². The maximum absolute atomic E-state index is 13.5. The molecule has 0 aromatic heterocycles. The molecule has 0 radical (unpaired) electrons. The van der Waals surface area contributed by atoms with E-state index in [-0.39, 0.29) is 23.9 Å². The summed E-state index contributed by atoms with van der Waals surface area (Å²) < 4.78 is 52.3. The van der Waals surface area contributed by atoms with Crippen LogP contribution >= 0.6 is 0 Å². The number of halogens is 3. The Hall–Kier alpha value is -1.33. The molecule has 2 nitrogen and oxygen atoms in total. The summed E-state index contributed by atoms with van der Waals surface area (Å²) >= 11 is 0. The summed E-state index contributed by atoms with van der Waals surface area (Å²) in [5, 5.41) is 0. The molecule has 3 unspecified atom stereocenters. The lowest BCUT2D eigenvalue weighted by Gasteiger charge is -2.36. The Morgan fingerprint density at radius 2 is 1.78 bits per heavy atom. The Morgan fingerprint density at radius 1 is 1.07 bits per heavy atom. The van der Waals surface area contributed by atoms with Gasteiger partial charge in [0.2, 0.25) is 0 Å². The lowest BCUT2D eigenvalue weighted by molar-refractivity contribution is -0.0838. The highest BCUT2D eigenvalue weighted by Crippen LogP contribution is 2.44. The number of hydrogen-bond donors (Lipinski definition) is 0. The topological polar surface area (TPSA) is 18.5 Å². The summed E-state index contributed by atoms with van der Waals surface area (Å²) in [7, 11) is 0. The highest BCUT2D eigenvalue weighted by atomic mass is 19.2. The molecule has 0 spiro atoms. The monoisotopic (exact) mass is 380 g/mol. The molecule has 2 aliphatic carbocycles. The molecular weight excluding hydrogens is 353 g/mol. The van der Waals surface area contributed by atoms with Crippen molar-refractivity contribution in [2.75, 3.05) is 0 Å². The van der Waals surface area contributed by atoms with Crippen molar-refractivity contribution in [1.29, 1.82) is 0 Å². The smallest absolute Gasteiger partial charge is 0.194 e. The second kappa shape index (κ2) is 7.59. The molecule has 2 fully saturated rings. The van der Waals surface area contributed by atoms with E-state index in [0.717, 1.165) is 63.5 Å². The standard InChI is InChI=1S/C22H27F3O2/c1-14-26-20-4-2-3-10-22(20,27-14)11-9-15-5-7-16(8-6-15)17-12-18(23)21(25)19(24)13-17/h2,4,12-16,20H,3,5-11H2,1H3. The number of rotatable bonds is 4. The third-order valence-electron chi connectivity index (χ3n) is 6.60. The second-order valence-electron chi connectivity index (χ2n) is 8.33. The lowest BCUT2D eigenvalue weighted by atomic mass is 9.74. The highest BCUT2D eigenvalue weighted by Gasteiger charge is 2.47. The molecule has 1 saturated heterocycles. The predicted molar refractivity (Wildman–Crippen MR) is 96.8 cm³/mol. The molecule has 1 heterocycles. The van der Waals surface area contributed by atoms with E-state index in [9.17, 15) is 13.2 Å². The molecule has 3 atom stereocenters. The zero-order valence-electron chi connectivity index (χ0n) is 15.7. The van der Waals surface area contributed by atoms with Crippen LogP contribution in [-0.2, 0) is 9.47 Å². The summed E-state index contributed by atoms with van der Waals surface area (Å²) in [5.74, 6) is -2.85. The zero-order valence-corrected chi connectivity index (χ0v) is 15.7. The second-order valence-corrected chi connectivity index (χ2v) is 8.33. The Balaban J connectivity index is 1.33. The SMILES string of the molecule is CC1OC2C=CCCC2(CCC2CCC(c3cc(F)c(F)c(F)c3)CC2)O1. The molecule has 1 saturated carbocycles. The van der Waals surface area contributed by atoms with Crippen molar-refractivity contribution in [3.05, 3.63) is 47.3 Å². The van der Waals surface area contributed by atoms with Crippen molar-refractivity contribution < 1.29 is 22.6 Å². The van der Waals surface area contributed by atoms with Gasteiger partial charge in [0, 0.05) is 0 Å². The zero-order chi connectivity index (χ0) is 19.0. The summed E-state index contributed by atoms with van der Waals surface area (Å²) in [6.07, 6.45) is 12.1. The van der Waals surface area contributed by atoms with E-state index >= 15 is 0 Å². The van der Waals surface area contributed by atoms with Gasteiger partial charge < -0.3 is 9.47 Å². The van der Waals surface area contributed by atoms with Crippen LogP contribution in [0.15, 0.2) is 24.3 Å². The maximum atomic E-state index is 13.5. The largest absolute Gasteiger partial charge is 0.343 e. The van der Waals surface area contributed by atoms with Crippen molar-refractivity contribution in [2.45, 2.75) is 82.2 Å². The minimum absolute atomic E-state index is 0.0581. The first-order valence-electron chi connectivity index (χ1n) is 10.1. The van der Waals surface area contributed by atoms with Gasteiger partial charge in [-0.25, -0.2) is 13.2 Å². The van der Waals surface area contributed by atoms with Crippen LogP contribution in [0.3, 0.4) is 0 Å². The van der Waals surface area contributed by atoms with E-state index < -0.39 is 17.5 Å². The van der Waals surface area contributed by atoms with E-state index in [0.29, 0.717) is 11.5 Å². The molecule has 148 valence electrons. The van der Waals surface area contributed by atoms with E-state index in [2.05, 4.69) is 12.2 Å². The Morgan fingerprint density at radius 3 is 2.48 bits per heavy atom. The van der Waals surface area contributed by atoms with Crippen molar-refractivity contribution in [2.24, 2.45) is 5.92 Å². The third-order valence-corrected chi connectivity index (χ3v) is 6.60. The third kappa shape index (κ3) is 3.81. The first-order chi connectivity index (χ1) is 13.0. The van der Waals surface area contributed by atoms with E-state index in [1.165, 1.54) is 0 Å². The van der Waals surface area contributed by atoms with Crippen LogP contribution in [0, 0.1) is 23.4 Å². The van der Waals surface area contributed by atoms with Gasteiger partial charge in [0.25, 0.3) is 0 Å². The Bertz CT molecular complexity index is 689. The average molecular weight is 380 g/mol. The van der Waals surface area contributed by atoms with Gasteiger partial charge in [-0.3, -0.25) is 0 Å². The number of ether oxygens (including phenoxy) is 2. The molecule has 0 N–H and O–H groups in total. The summed E-state index contributed by atoms with van der Waals surface area (Å²) in [4.78, 5) is 0. The van der Waals surface area contributed by atoms with Gasteiger partial charge in [-0.2, -0.15) is 0 Å². The van der Waals surface area contributed by atoms with Crippen molar-refractivity contribution >= 4 is 0 Å². The van der Waals surface area contributed by atoms with Crippen LogP contribution in [0.2, 0.25) is 0 Å². The first-order valence-corrected chi connectivity index (χ1v) is 10.1. The fourth-order valence-corrected chi connectivity index (χ4v) is 5.10. The van der Waals surface area contributed by atoms with Crippen LogP contribution in [0.5, 0.6) is 0 Å². The van der Waals surface area contributed by atoms with Crippen molar-refractivity contribution in [3.63, 3.8) is 0 Å². The van der Waals surface area contributed by atoms with Crippen LogP contribution in [0.1, 0.15) is 69.8 Å². The van der Waals surface area contributed by atoms with Crippen molar-refractivity contribution in [3.8, 4) is 0 Å². The molecule has 27 heavy (non-hydrogen) atoms. The Labute approximate surface area is 158 Å². The van der Waals surface area contributed by atoms with Crippen LogP contribution in [-0.4, -0.2) is 18.0 Å². The minimum Gasteiger partial charge on any atom is -0.343 e. The van der Waals surface area contributed by atoms with Gasteiger partial charge in [-0.1, -0.05) is 12.2 Å². The van der Waals surface area contributed by atoms with Crippen molar-refractivity contribution in [1.82, 2.24) is 0 Å². The fourth-order valence-electron chi connectivity index (χ4n) is 5.10. The van der Waals surface area contributed by atoms with Crippen LogP contribution in [0.25, 0.3) is 0 Å². The van der Waals surface area contributed by atoms with E-state index in [1.807, 2.05) is 6.92 Å². The van der Waals surface area contributed by atoms with E-state index in [1.54, 1.807) is 0 Å². The number of fused-ring (bicyclic) bond motifs is 1. The highest BCUT2D eigenvalue weighted by molar-refractivity contribution is 5.23. The molecular formula is C22H27F3O2. The number of allylic oxidation sites excluding steroid dienone is 1. The molecule has 4 rings (SSSR count). The first kappa shape index (κ1) is 19.0. The molecule has 1 aromatic carbocycles. The van der Waals surface area contributed by atoms with Gasteiger partial charge >= 0.3 is 0 Å². The maximum Gasteiger partial charge on any atom is 0.194 e. The van der Waals surface area contributed by atoms with Gasteiger partial charge in [-0.15, -0.1) is 0 Å². The molecule has 1 aliphatic heterocycles. The average Bonchev–Trinajstić information content (AvgIpc) is 3.00. The van der Waals surface area contributed by atoms with Crippen LogP contribution in [0.4, 0.5) is 13.2 Å². The number of benzene rings is 1. The summed E-state index contributed by atoms with van der Waals surface area (Å²) in [6, 6.07) is 2.32. The fraction of sp³-hybridized carbons (Fsp3) is 0.636. The van der Waals surface area contributed by atoms with E-state index in [4.69, 9.17) is 9.47 Å². The number of hydrogen-bond acceptors (Lipinski definition) is 2. The summed E-state index contributed by atoms with van der Waals surface area (Å²) in [6.45, 7) is 1.96. The predicted octanol–water partition coefficient (Wildman–Crippen LogP) is 6.01. The minimum atomic E-state index is -1.38.